The molecule has 0 bridgehead atoms. The van der Waals surface area contributed by atoms with Crippen molar-refractivity contribution >= 4 is 39.3 Å². The Labute approximate surface area is 112 Å². The van der Waals surface area contributed by atoms with Crippen LogP contribution in [0.3, 0.4) is 0 Å². The van der Waals surface area contributed by atoms with Crippen LogP contribution >= 0.6 is 23.1 Å². The minimum atomic E-state index is -1.06. The Bertz CT molecular complexity index is 609. The minimum Gasteiger partial charge on any atom is -0.549 e. The lowest BCUT2D eigenvalue weighted by molar-refractivity contribution is -0.301. The third-order valence-corrected chi connectivity index (χ3v) is 5.21. The second kappa shape index (κ2) is 4.85. The molecule has 0 fully saturated rings. The zero-order valence-corrected chi connectivity index (χ0v) is 11.3. The number of nitrogens with zero attached hydrogens (tertiary/aromatic N) is 2. The first-order valence-electron chi connectivity index (χ1n) is 5.83. The highest BCUT2D eigenvalue weighted by atomic mass is 32.2. The average Bonchev–Trinajstić information content (AvgIpc) is 2.75. The predicted molar refractivity (Wildman–Crippen MR) is 69.8 cm³/mol. The summed E-state index contributed by atoms with van der Waals surface area (Å²) in [5.74, 6) is -1.12. The number of carboxylic acids is 1. The number of carboxylic acid groups (broad SMARTS) is 1. The van der Waals surface area contributed by atoms with E-state index in [0.717, 1.165) is 28.1 Å². The summed E-state index contributed by atoms with van der Waals surface area (Å²) in [4.78, 5) is 21.5. The fourth-order valence-electron chi connectivity index (χ4n) is 2.30. The monoisotopic (exact) mass is 279 g/mol. The van der Waals surface area contributed by atoms with Gasteiger partial charge in [0, 0.05) is 16.0 Å². The van der Waals surface area contributed by atoms with Crippen molar-refractivity contribution in [2.45, 2.75) is 30.7 Å². The third kappa shape index (κ3) is 2.10. The van der Waals surface area contributed by atoms with Gasteiger partial charge in [-0.05, 0) is 31.2 Å². The van der Waals surface area contributed by atoms with E-state index in [2.05, 4.69) is 9.97 Å². The van der Waals surface area contributed by atoms with Crippen LogP contribution in [-0.2, 0) is 17.6 Å². The van der Waals surface area contributed by atoms with Crippen LogP contribution in [0.5, 0.6) is 0 Å². The van der Waals surface area contributed by atoms with Gasteiger partial charge in [0.1, 0.15) is 16.2 Å². The van der Waals surface area contributed by atoms with Gasteiger partial charge in [0.05, 0.1) is 5.97 Å². The number of hydrogen-bond acceptors (Lipinski definition) is 6. The topological polar surface area (TPSA) is 65.9 Å². The highest BCUT2D eigenvalue weighted by Crippen LogP contribution is 2.38. The van der Waals surface area contributed by atoms with Crippen molar-refractivity contribution < 1.29 is 9.90 Å². The summed E-state index contributed by atoms with van der Waals surface area (Å²) in [6.45, 7) is 0. The summed E-state index contributed by atoms with van der Waals surface area (Å²) in [5, 5.41) is 12.4. The van der Waals surface area contributed by atoms with Crippen molar-refractivity contribution in [2.24, 2.45) is 0 Å². The Morgan fingerprint density at radius 3 is 3.06 bits per heavy atom. The van der Waals surface area contributed by atoms with Gasteiger partial charge in [0.2, 0.25) is 0 Å². The molecule has 0 N–H and O–H groups in total. The zero-order chi connectivity index (χ0) is 12.5. The molecule has 1 aliphatic rings. The molecule has 3 rings (SSSR count). The van der Waals surface area contributed by atoms with Gasteiger partial charge in [0.15, 0.2) is 0 Å². The Kier molecular flexibility index (Phi) is 3.22. The van der Waals surface area contributed by atoms with Crippen LogP contribution in [0.1, 0.15) is 23.3 Å². The van der Waals surface area contributed by atoms with E-state index >= 15 is 0 Å². The summed E-state index contributed by atoms with van der Waals surface area (Å²) < 4.78 is 0. The van der Waals surface area contributed by atoms with Crippen molar-refractivity contribution in [3.05, 3.63) is 16.8 Å². The molecule has 6 heteroatoms. The zero-order valence-electron chi connectivity index (χ0n) is 9.64. The lowest BCUT2D eigenvalue weighted by atomic mass is 9.97. The first-order valence-corrected chi connectivity index (χ1v) is 7.64. The van der Waals surface area contributed by atoms with E-state index in [9.17, 15) is 9.90 Å². The van der Waals surface area contributed by atoms with E-state index in [1.54, 1.807) is 11.3 Å². The van der Waals surface area contributed by atoms with Crippen LogP contribution in [0, 0.1) is 0 Å². The van der Waals surface area contributed by atoms with Gasteiger partial charge in [-0.3, -0.25) is 0 Å². The highest BCUT2D eigenvalue weighted by molar-refractivity contribution is 8.00. The van der Waals surface area contributed by atoms with Gasteiger partial charge in [-0.1, -0.05) is 11.8 Å². The number of carbonyl (C=O) groups excluding carboxylic acids is 1. The van der Waals surface area contributed by atoms with Crippen LogP contribution in [0.4, 0.5) is 0 Å². The lowest BCUT2D eigenvalue weighted by Gasteiger charge is -2.11. The van der Waals surface area contributed by atoms with Gasteiger partial charge in [-0.15, -0.1) is 11.3 Å². The fourth-order valence-corrected chi connectivity index (χ4v) is 4.33. The van der Waals surface area contributed by atoms with Crippen LogP contribution < -0.4 is 5.11 Å². The second-order valence-electron chi connectivity index (χ2n) is 4.23. The molecule has 0 spiro atoms. The van der Waals surface area contributed by atoms with Gasteiger partial charge >= 0.3 is 0 Å². The quantitative estimate of drug-likeness (QED) is 0.628. The molecule has 2 aromatic heterocycles. The van der Waals surface area contributed by atoms with Crippen LogP contribution in [0.25, 0.3) is 10.2 Å². The molecular weight excluding hydrogens is 268 g/mol. The smallest absolute Gasteiger partial charge is 0.128 e. The maximum absolute atomic E-state index is 10.6. The molecular formula is C12H11N2O2S2-. The summed E-state index contributed by atoms with van der Waals surface area (Å²) in [6, 6.07) is 0. The lowest BCUT2D eigenvalue weighted by Crippen LogP contribution is -2.24. The maximum atomic E-state index is 10.6. The summed E-state index contributed by atoms with van der Waals surface area (Å²) in [5.41, 5.74) is 1.34. The number of aryl methyl sites for hydroxylation is 2. The van der Waals surface area contributed by atoms with Crippen molar-refractivity contribution in [3.63, 3.8) is 0 Å². The van der Waals surface area contributed by atoms with Gasteiger partial charge in [0.25, 0.3) is 0 Å². The first kappa shape index (κ1) is 11.9. The number of fused-ring (bicyclic) bond motifs is 3. The van der Waals surface area contributed by atoms with E-state index in [0.29, 0.717) is 0 Å². The number of thioether (sulfide) groups is 1. The van der Waals surface area contributed by atoms with Gasteiger partial charge < -0.3 is 9.90 Å². The number of aliphatic carboxylic acids is 1. The molecule has 0 saturated heterocycles. The van der Waals surface area contributed by atoms with Crippen molar-refractivity contribution in [2.75, 3.05) is 5.75 Å². The first-order chi connectivity index (χ1) is 8.75. The fraction of sp³-hybridized carbons (Fsp3) is 0.417. The molecule has 0 aliphatic heterocycles. The normalized spacial score (nSPS) is 14.7. The largest absolute Gasteiger partial charge is 0.549 e. The number of rotatable bonds is 3. The molecule has 1 aliphatic carbocycles. The number of hydrogen-bond donors (Lipinski definition) is 0. The second-order valence-corrected chi connectivity index (χ2v) is 6.28. The standard InChI is InChI=1S/C12H12N2O2S2/c15-9(16)5-17-11-10-7-3-1-2-4-8(7)18-12(10)14-6-13-11/h6H,1-5H2,(H,15,16)/p-1. The average molecular weight is 279 g/mol. The summed E-state index contributed by atoms with van der Waals surface area (Å²) in [6.07, 6.45) is 6.11. The summed E-state index contributed by atoms with van der Waals surface area (Å²) in [7, 11) is 0. The third-order valence-electron chi connectivity index (χ3n) is 3.04. The number of thiophene rings is 1. The Hall–Kier alpha value is -1.14. The number of carbonyl (C=O) groups is 1. The number of aromatic nitrogens is 2. The van der Waals surface area contributed by atoms with Crippen molar-refractivity contribution in [3.8, 4) is 0 Å². The van der Waals surface area contributed by atoms with Gasteiger partial charge in [-0.25, -0.2) is 9.97 Å². The molecule has 0 atom stereocenters. The Morgan fingerprint density at radius 2 is 2.22 bits per heavy atom. The van der Waals surface area contributed by atoms with Crippen LogP contribution in [0.2, 0.25) is 0 Å². The highest BCUT2D eigenvalue weighted by Gasteiger charge is 2.19. The van der Waals surface area contributed by atoms with Crippen molar-refractivity contribution in [1.82, 2.24) is 9.97 Å². The van der Waals surface area contributed by atoms with E-state index in [1.807, 2.05) is 0 Å². The molecule has 0 amide bonds. The van der Waals surface area contributed by atoms with E-state index in [-0.39, 0.29) is 5.75 Å². The Morgan fingerprint density at radius 1 is 1.39 bits per heavy atom. The molecule has 94 valence electrons. The van der Waals surface area contributed by atoms with Crippen LogP contribution in [-0.4, -0.2) is 21.7 Å². The molecule has 0 saturated carbocycles. The van der Waals surface area contributed by atoms with Gasteiger partial charge in [-0.2, -0.15) is 0 Å². The van der Waals surface area contributed by atoms with E-state index in [4.69, 9.17) is 0 Å². The van der Waals surface area contributed by atoms with Crippen molar-refractivity contribution in [1.29, 1.82) is 0 Å². The van der Waals surface area contributed by atoms with E-state index in [1.165, 1.54) is 41.4 Å². The molecule has 2 aromatic rings. The molecule has 0 radical (unpaired) electrons. The molecule has 0 aromatic carbocycles. The molecule has 0 unspecified atom stereocenters. The summed E-state index contributed by atoms with van der Waals surface area (Å²) >= 11 is 2.95. The molecule has 18 heavy (non-hydrogen) atoms. The van der Waals surface area contributed by atoms with E-state index < -0.39 is 5.97 Å². The SMILES string of the molecule is O=C([O-])CSc1ncnc2sc3c(c12)CCCC3. The Balaban J connectivity index is 2.08. The molecule has 2 heterocycles. The predicted octanol–water partition coefficient (Wildman–Crippen LogP) is 1.41. The molecule has 4 nitrogen and oxygen atoms in total. The van der Waals surface area contributed by atoms with Crippen LogP contribution in [0.15, 0.2) is 11.4 Å². The maximum Gasteiger partial charge on any atom is 0.128 e. The minimum absolute atomic E-state index is 0.0588.